The number of hydrogen-bond acceptors (Lipinski definition) is 3. The van der Waals surface area contributed by atoms with Gasteiger partial charge in [-0.25, -0.2) is 0 Å². The largest absolute Gasteiger partial charge is 0.354 e. The number of aryl methyl sites for hydroxylation is 1. The van der Waals surface area contributed by atoms with Crippen LogP contribution >= 0.6 is 11.8 Å². The first-order valence-corrected chi connectivity index (χ1v) is 12.3. The predicted molar refractivity (Wildman–Crippen MR) is 130 cm³/mol. The standard InChI is InChI=1S/C26H36N2O2S/c1-4-6-18-27-26(30)24(5-2)28(19-16-22-10-8-7-9-11-22)25(29)17-20-31-23-14-12-21(3)13-15-23/h7-15,24H,4-6,16-20H2,1-3H3,(H,27,30)/t24-/m0/s1. The molecule has 2 amide bonds. The number of carbonyl (C=O) groups excluding carboxylic acids is 2. The lowest BCUT2D eigenvalue weighted by Gasteiger charge is -2.30. The molecule has 0 saturated carbocycles. The third-order valence-electron chi connectivity index (χ3n) is 5.31. The van der Waals surface area contributed by atoms with Crippen LogP contribution in [0.3, 0.4) is 0 Å². The highest BCUT2D eigenvalue weighted by Crippen LogP contribution is 2.20. The number of hydrogen-bond donors (Lipinski definition) is 1. The van der Waals surface area contributed by atoms with E-state index >= 15 is 0 Å². The molecule has 0 bridgehead atoms. The predicted octanol–water partition coefficient (Wildman–Crippen LogP) is 5.24. The zero-order chi connectivity index (χ0) is 22.5. The minimum Gasteiger partial charge on any atom is -0.354 e. The Bertz CT molecular complexity index is 793. The first-order valence-electron chi connectivity index (χ1n) is 11.4. The normalized spacial score (nSPS) is 11.7. The number of rotatable bonds is 13. The Balaban J connectivity index is 2.02. The van der Waals surface area contributed by atoms with Crippen LogP contribution in [0.2, 0.25) is 0 Å². The van der Waals surface area contributed by atoms with E-state index < -0.39 is 6.04 Å². The first kappa shape index (κ1) is 25.0. The van der Waals surface area contributed by atoms with Crippen LogP contribution in [0, 0.1) is 6.92 Å². The summed E-state index contributed by atoms with van der Waals surface area (Å²) >= 11 is 1.69. The SMILES string of the molecule is CCCCNC(=O)[C@H](CC)N(CCc1ccccc1)C(=O)CCSc1ccc(C)cc1. The number of unbranched alkanes of at least 4 members (excludes halogenated alkanes) is 1. The molecule has 0 spiro atoms. The van der Waals surface area contributed by atoms with Gasteiger partial charge >= 0.3 is 0 Å². The van der Waals surface area contributed by atoms with E-state index in [1.165, 1.54) is 16.0 Å². The van der Waals surface area contributed by atoms with E-state index in [0.29, 0.717) is 31.7 Å². The van der Waals surface area contributed by atoms with Gasteiger partial charge < -0.3 is 10.2 Å². The topological polar surface area (TPSA) is 49.4 Å². The van der Waals surface area contributed by atoms with E-state index in [9.17, 15) is 9.59 Å². The molecule has 5 heteroatoms. The number of nitrogens with one attached hydrogen (secondary N) is 1. The molecule has 0 fully saturated rings. The van der Waals surface area contributed by atoms with Crippen LogP contribution in [-0.4, -0.2) is 41.6 Å². The summed E-state index contributed by atoms with van der Waals surface area (Å²) in [4.78, 5) is 29.0. The quantitative estimate of drug-likeness (QED) is 0.342. The van der Waals surface area contributed by atoms with Gasteiger partial charge in [0.25, 0.3) is 0 Å². The third kappa shape index (κ3) is 8.78. The summed E-state index contributed by atoms with van der Waals surface area (Å²) < 4.78 is 0. The lowest BCUT2D eigenvalue weighted by molar-refractivity contribution is -0.140. The van der Waals surface area contributed by atoms with Gasteiger partial charge in [-0.3, -0.25) is 9.59 Å². The fourth-order valence-electron chi connectivity index (χ4n) is 3.44. The number of nitrogens with zero attached hydrogens (tertiary/aromatic N) is 1. The highest BCUT2D eigenvalue weighted by Gasteiger charge is 2.27. The molecule has 0 saturated heterocycles. The fraction of sp³-hybridized carbons (Fsp3) is 0.462. The van der Waals surface area contributed by atoms with Crippen LogP contribution in [0.5, 0.6) is 0 Å². The van der Waals surface area contributed by atoms with Crippen LogP contribution in [-0.2, 0) is 16.0 Å². The van der Waals surface area contributed by atoms with Crippen LogP contribution in [0.1, 0.15) is 50.7 Å². The highest BCUT2D eigenvalue weighted by atomic mass is 32.2. The monoisotopic (exact) mass is 440 g/mol. The Kier molecular flexibility index (Phi) is 11.2. The van der Waals surface area contributed by atoms with Gasteiger partial charge in [0.15, 0.2) is 0 Å². The Hall–Kier alpha value is -2.27. The summed E-state index contributed by atoms with van der Waals surface area (Å²) in [6.07, 6.45) is 3.77. The van der Waals surface area contributed by atoms with Crippen molar-refractivity contribution in [1.82, 2.24) is 10.2 Å². The van der Waals surface area contributed by atoms with Crippen molar-refractivity contribution >= 4 is 23.6 Å². The van der Waals surface area contributed by atoms with Gasteiger partial charge in [0, 0.05) is 30.2 Å². The average Bonchev–Trinajstić information content (AvgIpc) is 2.78. The second kappa shape index (κ2) is 13.9. The summed E-state index contributed by atoms with van der Waals surface area (Å²) in [5.41, 5.74) is 2.41. The molecule has 1 N–H and O–H groups in total. The van der Waals surface area contributed by atoms with Gasteiger partial charge in [-0.05, 0) is 43.9 Å². The Morgan fingerprint density at radius 2 is 1.74 bits per heavy atom. The van der Waals surface area contributed by atoms with Crippen molar-refractivity contribution in [3.63, 3.8) is 0 Å². The molecule has 0 heterocycles. The van der Waals surface area contributed by atoms with Crippen molar-refractivity contribution < 1.29 is 9.59 Å². The van der Waals surface area contributed by atoms with Crippen LogP contribution in [0.25, 0.3) is 0 Å². The molecule has 0 radical (unpaired) electrons. The number of thioether (sulfide) groups is 1. The minimum atomic E-state index is -0.419. The lowest BCUT2D eigenvalue weighted by Crippen LogP contribution is -2.50. The maximum Gasteiger partial charge on any atom is 0.242 e. The maximum atomic E-state index is 13.2. The molecule has 2 rings (SSSR count). The molecule has 168 valence electrons. The fourth-order valence-corrected chi connectivity index (χ4v) is 4.28. The van der Waals surface area contributed by atoms with E-state index in [-0.39, 0.29) is 11.8 Å². The summed E-state index contributed by atoms with van der Waals surface area (Å²) in [6, 6.07) is 18.1. The summed E-state index contributed by atoms with van der Waals surface area (Å²) in [6.45, 7) is 7.37. The number of carbonyl (C=O) groups is 2. The average molecular weight is 441 g/mol. The Morgan fingerprint density at radius 1 is 1.03 bits per heavy atom. The molecule has 0 aromatic heterocycles. The minimum absolute atomic E-state index is 0.0384. The molecule has 2 aromatic carbocycles. The molecule has 0 aliphatic rings. The summed E-state index contributed by atoms with van der Waals surface area (Å²) in [5, 5.41) is 3.02. The van der Waals surface area contributed by atoms with Crippen molar-refractivity contribution in [1.29, 1.82) is 0 Å². The van der Waals surface area contributed by atoms with Crippen molar-refractivity contribution in [2.75, 3.05) is 18.8 Å². The van der Waals surface area contributed by atoms with E-state index in [1.807, 2.05) is 25.1 Å². The van der Waals surface area contributed by atoms with Gasteiger partial charge in [-0.1, -0.05) is 68.3 Å². The molecule has 1 atom stereocenters. The zero-order valence-corrected chi connectivity index (χ0v) is 19.9. The second-order valence-corrected chi connectivity index (χ2v) is 8.97. The molecule has 31 heavy (non-hydrogen) atoms. The first-order chi connectivity index (χ1) is 15.0. The van der Waals surface area contributed by atoms with Crippen molar-refractivity contribution in [2.45, 2.75) is 63.8 Å². The maximum absolute atomic E-state index is 13.2. The van der Waals surface area contributed by atoms with E-state index in [1.54, 1.807) is 16.7 Å². The molecular formula is C26H36N2O2S. The van der Waals surface area contributed by atoms with Crippen molar-refractivity contribution in [3.05, 3.63) is 65.7 Å². The highest BCUT2D eigenvalue weighted by molar-refractivity contribution is 7.99. The van der Waals surface area contributed by atoms with Gasteiger partial charge in [0.1, 0.15) is 6.04 Å². The second-order valence-electron chi connectivity index (χ2n) is 7.80. The van der Waals surface area contributed by atoms with E-state index in [0.717, 1.165) is 19.3 Å². The molecule has 2 aromatic rings. The molecule has 0 aliphatic heterocycles. The van der Waals surface area contributed by atoms with Crippen molar-refractivity contribution in [2.24, 2.45) is 0 Å². The third-order valence-corrected chi connectivity index (χ3v) is 6.32. The molecule has 0 aliphatic carbocycles. The van der Waals surface area contributed by atoms with Gasteiger partial charge in [-0.15, -0.1) is 11.8 Å². The molecular weight excluding hydrogens is 404 g/mol. The Morgan fingerprint density at radius 3 is 2.39 bits per heavy atom. The van der Waals surface area contributed by atoms with Gasteiger partial charge in [0.05, 0.1) is 0 Å². The van der Waals surface area contributed by atoms with Crippen LogP contribution in [0.4, 0.5) is 0 Å². The summed E-state index contributed by atoms with van der Waals surface area (Å²) in [5.74, 6) is 0.717. The lowest BCUT2D eigenvalue weighted by atomic mass is 10.1. The Labute approximate surface area is 191 Å². The molecule has 4 nitrogen and oxygen atoms in total. The van der Waals surface area contributed by atoms with Gasteiger partial charge in [-0.2, -0.15) is 0 Å². The van der Waals surface area contributed by atoms with Gasteiger partial charge in [0.2, 0.25) is 11.8 Å². The summed E-state index contributed by atoms with van der Waals surface area (Å²) in [7, 11) is 0. The van der Waals surface area contributed by atoms with E-state index in [4.69, 9.17) is 0 Å². The van der Waals surface area contributed by atoms with Crippen LogP contribution < -0.4 is 5.32 Å². The molecule has 0 unspecified atom stereocenters. The van der Waals surface area contributed by atoms with E-state index in [2.05, 4.69) is 55.6 Å². The number of amides is 2. The zero-order valence-electron chi connectivity index (χ0n) is 19.1. The van der Waals surface area contributed by atoms with Crippen molar-refractivity contribution in [3.8, 4) is 0 Å². The number of benzene rings is 2. The van der Waals surface area contributed by atoms with Crippen LogP contribution in [0.15, 0.2) is 59.5 Å². The smallest absolute Gasteiger partial charge is 0.242 e.